The quantitative estimate of drug-likeness (QED) is 0.214. The van der Waals surface area contributed by atoms with Gasteiger partial charge in [-0.1, -0.05) is 36.7 Å². The molecule has 0 fully saturated rings. The molecule has 0 saturated heterocycles. The van der Waals surface area contributed by atoms with E-state index >= 15 is 0 Å². The summed E-state index contributed by atoms with van der Waals surface area (Å²) in [6.45, 7) is 5.68. The molecule has 0 radical (unpaired) electrons. The topological polar surface area (TPSA) is 103 Å². The molecule has 1 heterocycles. The van der Waals surface area contributed by atoms with E-state index in [0.29, 0.717) is 22.9 Å². The van der Waals surface area contributed by atoms with Crippen LogP contribution in [0.2, 0.25) is 5.02 Å². The summed E-state index contributed by atoms with van der Waals surface area (Å²) >= 11 is 6.10. The molecular formula is C31H39ClN4O4. The first kappa shape index (κ1) is 31.1. The van der Waals surface area contributed by atoms with Crippen LogP contribution in [0.1, 0.15) is 72.9 Å². The van der Waals surface area contributed by atoms with Crippen LogP contribution in [0.5, 0.6) is 5.75 Å². The summed E-state index contributed by atoms with van der Waals surface area (Å²) in [6, 6.07) is 14.7. The zero-order valence-electron chi connectivity index (χ0n) is 23.4. The number of hydrogen-bond acceptors (Lipinski definition) is 6. The van der Waals surface area contributed by atoms with Crippen molar-refractivity contribution in [2.24, 2.45) is 0 Å². The van der Waals surface area contributed by atoms with E-state index in [4.69, 9.17) is 16.3 Å². The molecule has 2 aromatic rings. The van der Waals surface area contributed by atoms with Crippen LogP contribution in [0.15, 0.2) is 42.5 Å². The van der Waals surface area contributed by atoms with E-state index in [0.717, 1.165) is 62.7 Å². The third kappa shape index (κ3) is 8.30. The van der Waals surface area contributed by atoms with Gasteiger partial charge in [0.05, 0.1) is 25.1 Å². The first-order valence-electron chi connectivity index (χ1n) is 14.0. The zero-order chi connectivity index (χ0) is 28.9. The molecule has 1 N–H and O–H groups in total. The van der Waals surface area contributed by atoms with Crippen LogP contribution < -0.4 is 10.1 Å². The van der Waals surface area contributed by atoms with E-state index in [9.17, 15) is 19.6 Å². The minimum Gasteiger partial charge on any atom is -0.493 e. The number of fused-ring (bicyclic) bond motifs is 1. The molecule has 9 heteroatoms. The van der Waals surface area contributed by atoms with E-state index in [-0.39, 0.29) is 37.1 Å². The van der Waals surface area contributed by atoms with Crippen LogP contribution in [-0.2, 0) is 16.1 Å². The highest BCUT2D eigenvalue weighted by atomic mass is 35.5. The molecule has 2 unspecified atom stereocenters. The number of amides is 2. The van der Waals surface area contributed by atoms with Gasteiger partial charge < -0.3 is 24.6 Å². The summed E-state index contributed by atoms with van der Waals surface area (Å²) in [5.41, 5.74) is 2.30. The van der Waals surface area contributed by atoms with Crippen LogP contribution in [0.25, 0.3) is 0 Å². The standard InChI is InChI=1S/C31H39ClN4O4/c1-3-35(17-15-24(21-33)23-10-7-11-25(32)20-23)16-5-4-6-19-40-29-14-8-12-26-27(29)22-36(31(26)39)28(13-9-18-37)30(38)34-2/h7-8,10-12,14,18,20,24,28H,3-6,9,13,15-17,19,22H2,1-2H3,(H,34,38). The number of carbonyl (C=O) groups is 3. The molecule has 214 valence electrons. The predicted octanol–water partition coefficient (Wildman–Crippen LogP) is 4.96. The predicted molar refractivity (Wildman–Crippen MR) is 155 cm³/mol. The molecule has 1 aliphatic heterocycles. The summed E-state index contributed by atoms with van der Waals surface area (Å²) < 4.78 is 6.08. The molecule has 8 nitrogen and oxygen atoms in total. The molecular weight excluding hydrogens is 528 g/mol. The van der Waals surface area contributed by atoms with Crippen molar-refractivity contribution in [2.45, 2.75) is 64.0 Å². The minimum absolute atomic E-state index is 0.173. The molecule has 3 rings (SSSR count). The summed E-state index contributed by atoms with van der Waals surface area (Å²) in [5, 5.41) is 12.9. The Kier molecular flexibility index (Phi) is 12.4. The fourth-order valence-electron chi connectivity index (χ4n) is 5.10. The van der Waals surface area contributed by atoms with E-state index in [2.05, 4.69) is 23.2 Å². The monoisotopic (exact) mass is 566 g/mol. The third-order valence-corrected chi connectivity index (χ3v) is 7.64. The van der Waals surface area contributed by atoms with Gasteiger partial charge in [0.2, 0.25) is 5.91 Å². The number of nitrogens with one attached hydrogen (secondary N) is 1. The van der Waals surface area contributed by atoms with Crippen LogP contribution in [-0.4, -0.2) is 67.2 Å². The number of benzene rings is 2. The number of ether oxygens (including phenoxy) is 1. The largest absolute Gasteiger partial charge is 0.493 e. The lowest BCUT2D eigenvalue weighted by Crippen LogP contribution is -2.46. The number of rotatable bonds is 17. The van der Waals surface area contributed by atoms with Crippen LogP contribution in [0.3, 0.4) is 0 Å². The molecule has 0 aliphatic carbocycles. The molecule has 2 atom stereocenters. The Balaban J connectivity index is 1.45. The molecule has 2 amide bonds. The molecule has 2 aromatic carbocycles. The lowest BCUT2D eigenvalue weighted by atomic mass is 9.97. The maximum Gasteiger partial charge on any atom is 0.255 e. The second kappa shape index (κ2) is 16.0. The fourth-order valence-corrected chi connectivity index (χ4v) is 5.30. The normalized spacial score (nSPS) is 14.0. The number of hydrogen-bond donors (Lipinski definition) is 1. The van der Waals surface area contributed by atoms with E-state index in [1.807, 2.05) is 30.3 Å². The highest BCUT2D eigenvalue weighted by Crippen LogP contribution is 2.33. The van der Waals surface area contributed by atoms with Gasteiger partial charge in [-0.3, -0.25) is 9.59 Å². The first-order valence-corrected chi connectivity index (χ1v) is 14.4. The summed E-state index contributed by atoms with van der Waals surface area (Å²) in [7, 11) is 1.53. The van der Waals surface area contributed by atoms with Crippen molar-refractivity contribution in [1.29, 1.82) is 5.26 Å². The number of aldehydes is 1. The van der Waals surface area contributed by atoms with Gasteiger partial charge in [0.15, 0.2) is 0 Å². The third-order valence-electron chi connectivity index (χ3n) is 7.40. The summed E-state index contributed by atoms with van der Waals surface area (Å²) in [6.07, 6.45) is 4.92. The number of carbonyl (C=O) groups excluding carboxylic acids is 3. The number of halogens is 1. The maximum atomic E-state index is 13.1. The van der Waals surface area contributed by atoms with E-state index in [1.165, 1.54) is 11.9 Å². The Morgan fingerprint density at radius 3 is 2.70 bits per heavy atom. The Morgan fingerprint density at radius 1 is 1.20 bits per heavy atom. The van der Waals surface area contributed by atoms with Gasteiger partial charge in [-0.05, 0) is 81.6 Å². The smallest absolute Gasteiger partial charge is 0.255 e. The second-order valence-corrected chi connectivity index (χ2v) is 10.4. The summed E-state index contributed by atoms with van der Waals surface area (Å²) in [5.74, 6) is -0.000777. The Morgan fingerprint density at radius 2 is 2.00 bits per heavy atom. The SMILES string of the molecule is CCN(CCCCCOc1cccc2c1CN(C(CCC=O)C(=O)NC)C2=O)CCC(C#N)c1cccc(Cl)c1. The Bertz CT molecular complexity index is 1200. The van der Waals surface area contributed by atoms with Crippen molar-refractivity contribution in [2.75, 3.05) is 33.3 Å². The first-order chi connectivity index (χ1) is 19.4. The van der Waals surface area contributed by atoms with Gasteiger partial charge in [-0.15, -0.1) is 0 Å². The molecule has 0 spiro atoms. The molecule has 1 aliphatic rings. The highest BCUT2D eigenvalue weighted by Gasteiger charge is 2.37. The maximum absolute atomic E-state index is 13.1. The van der Waals surface area contributed by atoms with Gasteiger partial charge in [-0.25, -0.2) is 0 Å². The average molecular weight is 567 g/mol. The van der Waals surface area contributed by atoms with Gasteiger partial charge in [0, 0.05) is 29.6 Å². The van der Waals surface area contributed by atoms with Crippen molar-refractivity contribution in [3.8, 4) is 11.8 Å². The van der Waals surface area contributed by atoms with E-state index < -0.39 is 6.04 Å². The van der Waals surface area contributed by atoms with Crippen molar-refractivity contribution in [1.82, 2.24) is 15.1 Å². The number of nitriles is 1. The molecule has 40 heavy (non-hydrogen) atoms. The molecule has 0 saturated carbocycles. The van der Waals surface area contributed by atoms with Crippen LogP contribution >= 0.6 is 11.6 Å². The number of nitrogens with zero attached hydrogens (tertiary/aromatic N) is 3. The summed E-state index contributed by atoms with van der Waals surface area (Å²) in [4.78, 5) is 40.3. The van der Waals surface area contributed by atoms with Crippen LogP contribution in [0, 0.1) is 11.3 Å². The Labute approximate surface area is 242 Å². The number of unbranched alkanes of at least 4 members (excludes halogenated alkanes) is 2. The van der Waals surface area contributed by atoms with Gasteiger partial charge in [-0.2, -0.15) is 5.26 Å². The Hall–Kier alpha value is -3.41. The second-order valence-electron chi connectivity index (χ2n) is 9.96. The van der Waals surface area contributed by atoms with Crippen molar-refractivity contribution < 1.29 is 19.1 Å². The zero-order valence-corrected chi connectivity index (χ0v) is 24.2. The van der Waals surface area contributed by atoms with Crippen LogP contribution in [0.4, 0.5) is 0 Å². The van der Waals surface area contributed by atoms with Crippen molar-refractivity contribution in [3.05, 3.63) is 64.2 Å². The van der Waals surface area contributed by atoms with Gasteiger partial charge in [0.25, 0.3) is 5.91 Å². The van der Waals surface area contributed by atoms with Crippen molar-refractivity contribution >= 4 is 29.7 Å². The molecule has 0 aromatic heterocycles. The van der Waals surface area contributed by atoms with E-state index in [1.54, 1.807) is 12.1 Å². The van der Waals surface area contributed by atoms with Gasteiger partial charge >= 0.3 is 0 Å². The van der Waals surface area contributed by atoms with Gasteiger partial charge in [0.1, 0.15) is 18.1 Å². The lowest BCUT2D eigenvalue weighted by molar-refractivity contribution is -0.125. The molecule has 0 bridgehead atoms. The minimum atomic E-state index is -0.696. The number of likely N-dealkylation sites (N-methyl/N-ethyl adjacent to an activating group) is 1. The lowest BCUT2D eigenvalue weighted by Gasteiger charge is -2.25. The fraction of sp³-hybridized carbons (Fsp3) is 0.484. The van der Waals surface area contributed by atoms with Crippen molar-refractivity contribution in [3.63, 3.8) is 0 Å². The average Bonchev–Trinajstić information content (AvgIpc) is 3.30. The highest BCUT2D eigenvalue weighted by molar-refractivity contribution is 6.30.